The number of hydrogen-bond acceptors (Lipinski definition) is 3. The van der Waals surface area contributed by atoms with Crippen molar-refractivity contribution in [3.8, 4) is 67.5 Å². The van der Waals surface area contributed by atoms with Gasteiger partial charge in [-0.15, -0.1) is 0 Å². The lowest BCUT2D eigenvalue weighted by atomic mass is 9.86. The number of aromatic hydroxyl groups is 1. The van der Waals surface area contributed by atoms with E-state index in [1.165, 1.54) is 11.8 Å². The van der Waals surface area contributed by atoms with E-state index in [0.29, 0.717) is 22.6 Å². The van der Waals surface area contributed by atoms with E-state index < -0.39 is 12.7 Å². The molecule has 0 aliphatic rings. The highest BCUT2D eigenvalue weighted by Gasteiger charge is 2.24. The number of hydrogen-bond donors (Lipinski definition) is 1. The molecule has 0 saturated heterocycles. The van der Waals surface area contributed by atoms with Crippen LogP contribution in [-0.4, -0.2) is 19.6 Å². The molecule has 9 aromatic rings. The van der Waals surface area contributed by atoms with Crippen LogP contribution >= 0.6 is 0 Å². The summed E-state index contributed by atoms with van der Waals surface area (Å²) in [4.78, 5) is 10.3. The lowest BCUT2D eigenvalue weighted by Gasteiger charge is -2.21. The quantitative estimate of drug-likeness (QED) is 0.158. The van der Waals surface area contributed by atoms with Crippen LogP contribution in [0, 0.1) is 6.85 Å². The molecule has 0 bridgehead atoms. The van der Waals surface area contributed by atoms with Gasteiger partial charge in [0.1, 0.15) is 11.6 Å². The minimum absolute atomic E-state index is 0.126. The number of benzene rings is 7. The van der Waals surface area contributed by atoms with Gasteiger partial charge in [0.2, 0.25) is 0 Å². The lowest BCUT2D eigenvalue weighted by molar-refractivity contribution is 0.475. The van der Waals surface area contributed by atoms with Gasteiger partial charge in [-0.2, -0.15) is 0 Å². The van der Waals surface area contributed by atoms with E-state index in [9.17, 15) is 6.48 Å². The predicted molar refractivity (Wildman–Crippen MR) is 259 cm³/mol. The SMILES string of the molecule is [2H]C([2H])([2H])c1cnc(-c2cc(-c3cccc4c3nc(-c3cc(C(C)(C)C)ccc3O)n4-c3ccccc3-c3ccccc3)cc(C([2H])(C)C)c2)cc1-c1ccc(C(C)c2ccccc2)cc1. The second kappa shape index (κ2) is 16.4. The Balaban J connectivity index is 1.24. The van der Waals surface area contributed by atoms with Gasteiger partial charge in [0.15, 0.2) is 0 Å². The van der Waals surface area contributed by atoms with Crippen molar-refractivity contribution in [1.82, 2.24) is 14.5 Å². The summed E-state index contributed by atoms with van der Waals surface area (Å²) in [7, 11) is 0. The van der Waals surface area contributed by atoms with Crippen molar-refractivity contribution in [2.75, 3.05) is 0 Å². The number of rotatable bonds is 9. The molecule has 4 heteroatoms. The van der Waals surface area contributed by atoms with Crippen molar-refractivity contribution in [3.63, 3.8) is 0 Å². The molecule has 2 aromatic heterocycles. The fraction of sp³-hybridized carbons (Fsp3) is 0.172. The van der Waals surface area contributed by atoms with Crippen LogP contribution < -0.4 is 0 Å². The monoisotopic (exact) mass is 811 g/mol. The zero-order valence-electron chi connectivity index (χ0n) is 40.1. The Morgan fingerprint density at radius 2 is 1.24 bits per heavy atom. The molecule has 2 heterocycles. The number of phenolic OH excluding ortho intramolecular Hbond substituents is 1. The molecular weight excluding hydrogens is 755 g/mol. The number of para-hydroxylation sites is 2. The van der Waals surface area contributed by atoms with Gasteiger partial charge < -0.3 is 5.11 Å². The van der Waals surface area contributed by atoms with Crippen LogP contribution in [0.25, 0.3) is 72.7 Å². The van der Waals surface area contributed by atoms with Gasteiger partial charge in [-0.25, -0.2) is 4.98 Å². The highest BCUT2D eigenvalue weighted by atomic mass is 16.3. The average Bonchev–Trinajstić information content (AvgIpc) is 3.70. The van der Waals surface area contributed by atoms with Crippen LogP contribution in [0.4, 0.5) is 0 Å². The van der Waals surface area contributed by atoms with Crippen molar-refractivity contribution in [1.29, 1.82) is 0 Å². The highest BCUT2D eigenvalue weighted by molar-refractivity contribution is 5.97. The second-order valence-corrected chi connectivity index (χ2v) is 17.5. The zero-order valence-corrected chi connectivity index (χ0v) is 36.1. The molecule has 0 spiro atoms. The summed E-state index contributed by atoms with van der Waals surface area (Å²) in [5.74, 6) is -0.114. The third kappa shape index (κ3) is 7.74. The van der Waals surface area contributed by atoms with E-state index in [2.05, 4.69) is 92.9 Å². The van der Waals surface area contributed by atoms with Gasteiger partial charge in [0, 0.05) is 34.3 Å². The van der Waals surface area contributed by atoms with Crippen LogP contribution in [0.15, 0.2) is 176 Å². The lowest BCUT2D eigenvalue weighted by Crippen LogP contribution is -2.11. The Labute approximate surface area is 371 Å². The van der Waals surface area contributed by atoms with Gasteiger partial charge in [-0.05, 0) is 111 Å². The van der Waals surface area contributed by atoms with Crippen LogP contribution in [0.2, 0.25) is 0 Å². The van der Waals surface area contributed by atoms with E-state index in [-0.39, 0.29) is 22.6 Å². The van der Waals surface area contributed by atoms with Gasteiger partial charge in [-0.1, -0.05) is 169 Å². The maximum Gasteiger partial charge on any atom is 0.149 e. The molecule has 4 nitrogen and oxygen atoms in total. The minimum atomic E-state index is -2.40. The predicted octanol–water partition coefficient (Wildman–Crippen LogP) is 15.3. The summed E-state index contributed by atoms with van der Waals surface area (Å²) in [6.07, 6.45) is 1.48. The first-order valence-corrected chi connectivity index (χ1v) is 21.3. The molecule has 62 heavy (non-hydrogen) atoms. The molecular formula is C58H53N3O. The third-order valence-electron chi connectivity index (χ3n) is 12.1. The van der Waals surface area contributed by atoms with Gasteiger partial charge in [0.25, 0.3) is 0 Å². The van der Waals surface area contributed by atoms with E-state index in [1.807, 2.05) is 117 Å². The summed E-state index contributed by atoms with van der Waals surface area (Å²) >= 11 is 0. The first kappa shape index (κ1) is 35.7. The molecule has 0 saturated carbocycles. The topological polar surface area (TPSA) is 50.9 Å². The molecule has 0 aliphatic carbocycles. The molecule has 306 valence electrons. The van der Waals surface area contributed by atoms with Crippen molar-refractivity contribution in [2.45, 2.75) is 65.6 Å². The van der Waals surface area contributed by atoms with E-state index >= 15 is 0 Å². The third-order valence-corrected chi connectivity index (χ3v) is 12.1. The summed E-state index contributed by atoms with van der Waals surface area (Å²) in [5, 5.41) is 11.7. The molecule has 1 N–H and O–H groups in total. The molecule has 0 amide bonds. The fourth-order valence-corrected chi connectivity index (χ4v) is 8.43. The minimum Gasteiger partial charge on any atom is -0.507 e. The van der Waals surface area contributed by atoms with E-state index in [1.54, 1.807) is 6.07 Å². The zero-order chi connectivity index (χ0) is 46.5. The number of pyridine rings is 1. The Morgan fingerprint density at radius 1 is 0.581 bits per heavy atom. The number of aryl methyl sites for hydroxylation is 1. The summed E-state index contributed by atoms with van der Waals surface area (Å²) < 4.78 is 36.9. The van der Waals surface area contributed by atoms with Crippen LogP contribution in [-0.2, 0) is 5.41 Å². The molecule has 1 atom stereocenters. The second-order valence-electron chi connectivity index (χ2n) is 17.5. The fourth-order valence-electron chi connectivity index (χ4n) is 8.43. The largest absolute Gasteiger partial charge is 0.507 e. The molecule has 9 rings (SSSR count). The van der Waals surface area contributed by atoms with E-state index in [4.69, 9.17) is 14.1 Å². The Kier molecular flexibility index (Phi) is 9.46. The number of nitrogens with zero attached hydrogens (tertiary/aromatic N) is 3. The first-order valence-electron chi connectivity index (χ1n) is 23.3. The van der Waals surface area contributed by atoms with Crippen LogP contribution in [0.1, 0.15) is 86.7 Å². The number of aromatic nitrogens is 3. The van der Waals surface area contributed by atoms with Crippen molar-refractivity contribution >= 4 is 11.0 Å². The standard InChI is InChI=1S/C58H53N3O/c1-37(2)44-31-45(33-46(32-44)52-35-50(38(3)36-59-52)43-27-25-41(26-28-43)39(4)40-17-10-8-11-18-40)49-22-16-24-54-56(49)60-57(51-34-47(58(5,6)7)29-30-55(51)62)61(54)53-23-15-14-21-48(53)42-19-12-9-13-20-42/h8-37,39,62H,1-7H3/i3D3,37D. The van der Waals surface area contributed by atoms with Gasteiger partial charge in [0.05, 0.1) is 28.0 Å². The number of fused-ring (bicyclic) bond motifs is 1. The van der Waals surface area contributed by atoms with E-state index in [0.717, 1.165) is 66.8 Å². The highest BCUT2D eigenvalue weighted by Crippen LogP contribution is 2.42. The maximum atomic E-state index is 11.7. The molecule has 7 aromatic carbocycles. The number of phenols is 1. The maximum absolute atomic E-state index is 11.7. The van der Waals surface area contributed by atoms with Crippen LogP contribution in [0.3, 0.4) is 0 Å². The summed E-state index contributed by atoms with van der Waals surface area (Å²) in [6, 6.07) is 56.9. The van der Waals surface area contributed by atoms with Crippen LogP contribution in [0.5, 0.6) is 5.75 Å². The summed E-state index contributed by atoms with van der Waals surface area (Å²) in [5.41, 5.74) is 13.7. The van der Waals surface area contributed by atoms with Crippen molar-refractivity contribution in [3.05, 3.63) is 204 Å². The van der Waals surface area contributed by atoms with Crippen molar-refractivity contribution < 1.29 is 10.6 Å². The molecule has 0 aliphatic heterocycles. The van der Waals surface area contributed by atoms with Gasteiger partial charge >= 0.3 is 0 Å². The van der Waals surface area contributed by atoms with Crippen molar-refractivity contribution in [2.24, 2.45) is 0 Å². The molecule has 1 unspecified atom stereocenters. The first-order chi connectivity index (χ1) is 31.5. The normalized spacial score (nSPS) is 13.6. The average molecular weight is 812 g/mol. The number of imidazole rings is 1. The molecule has 0 radical (unpaired) electrons. The summed E-state index contributed by atoms with van der Waals surface area (Å²) in [6.45, 7) is 9.97. The Morgan fingerprint density at radius 3 is 1.97 bits per heavy atom. The van der Waals surface area contributed by atoms with Gasteiger partial charge in [-0.3, -0.25) is 9.55 Å². The smallest absolute Gasteiger partial charge is 0.149 e. The molecule has 0 fully saturated rings. The Bertz CT molecular complexity index is 3210. The Hall–Kier alpha value is -7.04.